The van der Waals surface area contributed by atoms with Crippen LogP contribution in [0.15, 0.2) is 46.8 Å². The summed E-state index contributed by atoms with van der Waals surface area (Å²) in [5, 5.41) is 11.4. The Balaban J connectivity index is 1.98. The van der Waals surface area contributed by atoms with Crippen LogP contribution in [-0.2, 0) is 6.42 Å². The second kappa shape index (κ2) is 9.45. The van der Waals surface area contributed by atoms with Gasteiger partial charge in [-0.1, -0.05) is 31.5 Å². The van der Waals surface area contributed by atoms with Gasteiger partial charge in [0.25, 0.3) is 0 Å². The Bertz CT molecular complexity index is 610. The normalized spacial score (nSPS) is 12.0. The first kappa shape index (κ1) is 17.7. The average Bonchev–Trinajstić information content (AvgIpc) is 3.10. The highest BCUT2D eigenvalue weighted by Gasteiger charge is 2.04. The van der Waals surface area contributed by atoms with E-state index in [2.05, 4.69) is 28.9 Å². The van der Waals surface area contributed by atoms with Crippen molar-refractivity contribution >= 4 is 22.9 Å². The van der Waals surface area contributed by atoms with Crippen LogP contribution in [0.5, 0.6) is 0 Å². The summed E-state index contributed by atoms with van der Waals surface area (Å²) in [7, 11) is 0. The predicted octanol–water partition coefficient (Wildman–Crippen LogP) is 3.38. The van der Waals surface area contributed by atoms with Crippen LogP contribution < -0.4 is 5.73 Å². The van der Waals surface area contributed by atoms with Gasteiger partial charge in [-0.05, 0) is 42.0 Å². The molecule has 0 atom stereocenters. The fourth-order valence-electron chi connectivity index (χ4n) is 2.32. The molecule has 0 amide bonds. The maximum atomic E-state index is 9.40. The first-order chi connectivity index (χ1) is 11.2. The van der Waals surface area contributed by atoms with Gasteiger partial charge in [-0.3, -0.25) is 4.90 Å². The number of amidine groups is 1. The molecule has 0 saturated heterocycles. The molecule has 0 spiro atoms. The smallest absolute Gasteiger partial charge is 0.141 e. The largest absolute Gasteiger partial charge is 0.383 e. The van der Waals surface area contributed by atoms with Crippen molar-refractivity contribution in [3.05, 3.63) is 52.2 Å². The van der Waals surface area contributed by atoms with E-state index < -0.39 is 0 Å². The number of benzene rings is 1. The Morgan fingerprint density at radius 3 is 2.83 bits per heavy atom. The maximum absolute atomic E-state index is 9.40. The molecule has 0 bridgehead atoms. The van der Waals surface area contributed by atoms with Gasteiger partial charge in [-0.15, -0.1) is 11.3 Å². The fourth-order valence-corrected chi connectivity index (χ4v) is 2.95. The third-order valence-electron chi connectivity index (χ3n) is 3.68. The van der Waals surface area contributed by atoms with E-state index in [0.717, 1.165) is 42.9 Å². The summed E-state index contributed by atoms with van der Waals surface area (Å²) in [6, 6.07) is 12.1. The second-order valence-corrected chi connectivity index (χ2v) is 6.45. The number of thiophene rings is 1. The van der Waals surface area contributed by atoms with Gasteiger partial charge in [-0.25, -0.2) is 4.99 Å². The van der Waals surface area contributed by atoms with Gasteiger partial charge in [0, 0.05) is 13.1 Å². The molecule has 124 valence electrons. The number of aliphatic hydroxyl groups is 1. The van der Waals surface area contributed by atoms with Crippen LogP contribution in [0.2, 0.25) is 0 Å². The van der Waals surface area contributed by atoms with Crippen molar-refractivity contribution in [2.24, 2.45) is 10.7 Å². The van der Waals surface area contributed by atoms with E-state index in [0.29, 0.717) is 5.84 Å². The Kier molecular flexibility index (Phi) is 7.26. The molecule has 1 heterocycles. The second-order valence-electron chi connectivity index (χ2n) is 5.51. The molecule has 0 aliphatic rings. The summed E-state index contributed by atoms with van der Waals surface area (Å²) in [6.07, 6.45) is 3.15. The van der Waals surface area contributed by atoms with Crippen LogP contribution in [0.25, 0.3) is 0 Å². The van der Waals surface area contributed by atoms with E-state index in [1.165, 1.54) is 5.56 Å². The predicted molar refractivity (Wildman–Crippen MR) is 98.4 cm³/mol. The zero-order valence-corrected chi connectivity index (χ0v) is 14.4. The van der Waals surface area contributed by atoms with Gasteiger partial charge in [0.2, 0.25) is 0 Å². The molecule has 3 N–H and O–H groups in total. The standard InChI is InChI=1S/C18H25N3OS/c1-2-3-10-21(14-22)11-9-15-6-4-7-16(13-15)20-18(19)17-8-5-12-23-17/h4-8,12-13,22H,2-3,9-11,14H2,1H3,(H2,19,20). The van der Waals surface area contributed by atoms with Crippen LogP contribution in [0.1, 0.15) is 30.2 Å². The number of unbranched alkanes of at least 4 members (excludes halogenated alkanes) is 1. The van der Waals surface area contributed by atoms with Gasteiger partial charge in [0.1, 0.15) is 5.84 Å². The fraction of sp³-hybridized carbons (Fsp3) is 0.389. The number of aliphatic hydroxyl groups excluding tert-OH is 1. The summed E-state index contributed by atoms with van der Waals surface area (Å²) < 4.78 is 0. The minimum atomic E-state index is 0.114. The number of hydrogen-bond acceptors (Lipinski definition) is 4. The minimum Gasteiger partial charge on any atom is -0.383 e. The molecular weight excluding hydrogens is 306 g/mol. The molecule has 0 radical (unpaired) electrons. The van der Waals surface area contributed by atoms with Gasteiger partial charge in [0.05, 0.1) is 17.3 Å². The lowest BCUT2D eigenvalue weighted by atomic mass is 10.1. The van der Waals surface area contributed by atoms with Crippen LogP contribution in [-0.4, -0.2) is 35.7 Å². The van der Waals surface area contributed by atoms with Gasteiger partial charge in [0.15, 0.2) is 0 Å². The van der Waals surface area contributed by atoms with E-state index in [4.69, 9.17) is 5.73 Å². The Labute approximate surface area is 142 Å². The zero-order valence-electron chi connectivity index (χ0n) is 13.6. The van der Waals surface area contributed by atoms with E-state index >= 15 is 0 Å². The van der Waals surface area contributed by atoms with Crippen molar-refractivity contribution in [1.82, 2.24) is 4.90 Å². The van der Waals surface area contributed by atoms with Crippen LogP contribution >= 0.6 is 11.3 Å². The summed E-state index contributed by atoms with van der Waals surface area (Å²) in [4.78, 5) is 7.56. The van der Waals surface area contributed by atoms with Crippen molar-refractivity contribution in [2.45, 2.75) is 26.2 Å². The average molecular weight is 331 g/mol. The van der Waals surface area contributed by atoms with E-state index in [1.807, 2.05) is 29.6 Å². The molecule has 2 aromatic rings. The molecule has 0 fully saturated rings. The third-order valence-corrected chi connectivity index (χ3v) is 4.57. The number of rotatable bonds is 9. The minimum absolute atomic E-state index is 0.114. The Hall–Kier alpha value is -1.69. The molecule has 2 rings (SSSR count). The van der Waals surface area contributed by atoms with Crippen molar-refractivity contribution in [1.29, 1.82) is 0 Å². The maximum Gasteiger partial charge on any atom is 0.141 e. The topological polar surface area (TPSA) is 61.8 Å². The summed E-state index contributed by atoms with van der Waals surface area (Å²) in [5.74, 6) is 0.553. The van der Waals surface area contributed by atoms with Crippen molar-refractivity contribution in [2.75, 3.05) is 19.8 Å². The number of nitrogens with zero attached hydrogens (tertiary/aromatic N) is 2. The summed E-state index contributed by atoms with van der Waals surface area (Å²) in [6.45, 7) is 4.07. The van der Waals surface area contributed by atoms with Crippen LogP contribution in [0, 0.1) is 0 Å². The van der Waals surface area contributed by atoms with E-state index in [-0.39, 0.29) is 6.73 Å². The number of aliphatic imine (C=N–C) groups is 1. The van der Waals surface area contributed by atoms with Gasteiger partial charge >= 0.3 is 0 Å². The molecule has 23 heavy (non-hydrogen) atoms. The van der Waals surface area contributed by atoms with Crippen LogP contribution in [0.4, 0.5) is 5.69 Å². The molecule has 1 aromatic heterocycles. The highest BCUT2D eigenvalue weighted by molar-refractivity contribution is 7.12. The lowest BCUT2D eigenvalue weighted by molar-refractivity contribution is 0.107. The molecular formula is C18H25N3OS. The molecule has 4 nitrogen and oxygen atoms in total. The summed E-state index contributed by atoms with van der Waals surface area (Å²) >= 11 is 1.59. The highest BCUT2D eigenvalue weighted by Crippen LogP contribution is 2.17. The van der Waals surface area contributed by atoms with Crippen molar-refractivity contribution < 1.29 is 5.11 Å². The van der Waals surface area contributed by atoms with Gasteiger partial charge in [-0.2, -0.15) is 0 Å². The zero-order chi connectivity index (χ0) is 16.5. The first-order valence-electron chi connectivity index (χ1n) is 8.03. The van der Waals surface area contributed by atoms with Crippen molar-refractivity contribution in [3.8, 4) is 0 Å². The summed E-state index contributed by atoms with van der Waals surface area (Å²) in [5.41, 5.74) is 8.12. The molecule has 0 saturated carbocycles. The highest BCUT2D eigenvalue weighted by atomic mass is 32.1. The van der Waals surface area contributed by atoms with Gasteiger partial charge < -0.3 is 10.8 Å². The van der Waals surface area contributed by atoms with E-state index in [9.17, 15) is 5.11 Å². The monoisotopic (exact) mass is 331 g/mol. The molecule has 0 aliphatic heterocycles. The lowest BCUT2D eigenvalue weighted by Crippen LogP contribution is -2.28. The Morgan fingerprint density at radius 1 is 1.26 bits per heavy atom. The lowest BCUT2D eigenvalue weighted by Gasteiger charge is -2.19. The molecule has 0 unspecified atom stereocenters. The molecule has 1 aromatic carbocycles. The van der Waals surface area contributed by atoms with E-state index in [1.54, 1.807) is 11.3 Å². The number of nitrogens with two attached hydrogens (primary N) is 1. The molecule has 5 heteroatoms. The third kappa shape index (κ3) is 5.78. The number of hydrogen-bond donors (Lipinski definition) is 2. The first-order valence-corrected chi connectivity index (χ1v) is 8.91. The quantitative estimate of drug-likeness (QED) is 0.421. The van der Waals surface area contributed by atoms with Crippen molar-refractivity contribution in [3.63, 3.8) is 0 Å². The molecule has 0 aliphatic carbocycles. The Morgan fingerprint density at radius 2 is 2.13 bits per heavy atom. The van der Waals surface area contributed by atoms with Crippen LogP contribution in [0.3, 0.4) is 0 Å². The SMILES string of the molecule is CCCCN(CO)CCc1cccc(N=C(N)c2cccs2)c1.